The third kappa shape index (κ3) is 3.60. The van der Waals surface area contributed by atoms with Gasteiger partial charge >= 0.3 is 6.03 Å². The van der Waals surface area contributed by atoms with Gasteiger partial charge in [0, 0.05) is 32.1 Å². The first-order valence-electron chi connectivity index (χ1n) is 10.00. The Hall–Kier alpha value is -1.98. The summed E-state index contributed by atoms with van der Waals surface area (Å²) >= 11 is 0. The Morgan fingerprint density at radius 1 is 1.23 bits per heavy atom. The number of hydrogen-bond acceptors (Lipinski definition) is 3. The zero-order valence-electron chi connectivity index (χ0n) is 15.4. The van der Waals surface area contributed by atoms with Gasteiger partial charge in [-0.05, 0) is 49.7 Å². The normalized spacial score (nSPS) is 23.6. The fraction of sp³-hybridized carbons (Fsp3) is 0.700. The number of carbonyl (C=O) groups excluding carboxylic acids is 2. The molecule has 4 rings (SSSR count). The smallest absolute Gasteiger partial charge is 0.317 e. The highest BCUT2D eigenvalue weighted by Crippen LogP contribution is 2.42. The molecule has 2 saturated heterocycles. The molecule has 3 heterocycles. The van der Waals surface area contributed by atoms with Gasteiger partial charge < -0.3 is 19.5 Å². The zero-order valence-corrected chi connectivity index (χ0v) is 15.4. The lowest BCUT2D eigenvalue weighted by molar-refractivity contribution is -0.141. The van der Waals surface area contributed by atoms with Crippen LogP contribution in [0, 0.1) is 5.41 Å². The molecular weight excluding hydrogens is 330 g/mol. The van der Waals surface area contributed by atoms with E-state index in [-0.39, 0.29) is 11.4 Å². The quantitative estimate of drug-likeness (QED) is 0.902. The van der Waals surface area contributed by atoms with Crippen molar-refractivity contribution < 1.29 is 14.0 Å². The van der Waals surface area contributed by atoms with E-state index < -0.39 is 0 Å². The molecule has 1 aromatic heterocycles. The van der Waals surface area contributed by atoms with E-state index >= 15 is 0 Å². The summed E-state index contributed by atoms with van der Waals surface area (Å²) in [5, 5.41) is 2.94. The molecule has 1 spiro atoms. The Bertz CT molecular complexity index is 629. The van der Waals surface area contributed by atoms with Crippen LogP contribution in [0.3, 0.4) is 0 Å². The van der Waals surface area contributed by atoms with Gasteiger partial charge in [-0.1, -0.05) is 12.8 Å². The minimum absolute atomic E-state index is 0.0178. The SMILES string of the molecule is O=C(NCc1ccco1)N1CCC2(CCC(=O)N(C3CCCC3)C2)CC1. The van der Waals surface area contributed by atoms with Crippen LogP contribution >= 0.6 is 0 Å². The number of nitrogens with one attached hydrogen (secondary N) is 1. The highest BCUT2D eigenvalue weighted by Gasteiger charge is 2.43. The van der Waals surface area contributed by atoms with Gasteiger partial charge in [0.15, 0.2) is 0 Å². The topological polar surface area (TPSA) is 65.8 Å². The molecule has 2 aliphatic heterocycles. The zero-order chi connectivity index (χ0) is 18.0. The first kappa shape index (κ1) is 17.4. The molecule has 1 N–H and O–H groups in total. The van der Waals surface area contributed by atoms with Crippen molar-refractivity contribution in [2.75, 3.05) is 19.6 Å². The summed E-state index contributed by atoms with van der Waals surface area (Å²) in [6.45, 7) is 2.88. The van der Waals surface area contributed by atoms with Crippen LogP contribution < -0.4 is 5.32 Å². The van der Waals surface area contributed by atoms with Crippen molar-refractivity contribution in [1.29, 1.82) is 0 Å². The van der Waals surface area contributed by atoms with Gasteiger partial charge in [-0.25, -0.2) is 4.79 Å². The molecule has 0 unspecified atom stereocenters. The standard InChI is InChI=1S/C20H29N3O3/c24-18-7-8-20(15-23(18)16-4-1-2-5-16)9-11-22(12-10-20)19(25)21-14-17-6-3-13-26-17/h3,6,13,16H,1-2,4-5,7-12,14-15H2,(H,21,25). The van der Waals surface area contributed by atoms with Crippen LogP contribution in [0.1, 0.15) is 57.1 Å². The highest BCUT2D eigenvalue weighted by molar-refractivity contribution is 5.77. The maximum Gasteiger partial charge on any atom is 0.317 e. The molecule has 0 aromatic carbocycles. The van der Waals surface area contributed by atoms with Crippen molar-refractivity contribution in [3.8, 4) is 0 Å². The Balaban J connectivity index is 1.30. The molecule has 6 nitrogen and oxygen atoms in total. The number of rotatable bonds is 3. The average molecular weight is 359 g/mol. The first-order chi connectivity index (χ1) is 12.7. The van der Waals surface area contributed by atoms with Crippen LogP contribution in [0.25, 0.3) is 0 Å². The molecule has 3 amide bonds. The van der Waals surface area contributed by atoms with Crippen molar-refractivity contribution >= 4 is 11.9 Å². The van der Waals surface area contributed by atoms with Gasteiger partial charge in [-0.3, -0.25) is 4.79 Å². The molecule has 6 heteroatoms. The summed E-state index contributed by atoms with van der Waals surface area (Å²) in [7, 11) is 0. The first-order valence-corrected chi connectivity index (χ1v) is 10.00. The van der Waals surface area contributed by atoms with E-state index in [0.717, 1.165) is 44.7 Å². The second kappa shape index (κ2) is 7.33. The number of carbonyl (C=O) groups is 2. The van der Waals surface area contributed by atoms with Gasteiger partial charge in [0.25, 0.3) is 0 Å². The van der Waals surface area contributed by atoms with Gasteiger partial charge in [0.2, 0.25) is 5.91 Å². The van der Waals surface area contributed by atoms with Crippen LogP contribution in [0.15, 0.2) is 22.8 Å². The number of hydrogen-bond donors (Lipinski definition) is 1. The number of urea groups is 1. The molecule has 26 heavy (non-hydrogen) atoms. The average Bonchev–Trinajstić information content (AvgIpc) is 3.36. The second-order valence-electron chi connectivity index (χ2n) is 8.19. The van der Waals surface area contributed by atoms with Crippen molar-refractivity contribution in [3.05, 3.63) is 24.2 Å². The molecule has 3 aliphatic rings. The Morgan fingerprint density at radius 2 is 2.00 bits per heavy atom. The van der Waals surface area contributed by atoms with Crippen LogP contribution in [-0.4, -0.2) is 47.4 Å². The summed E-state index contributed by atoms with van der Waals surface area (Å²) in [6.07, 6.45) is 10.1. The third-order valence-corrected chi connectivity index (χ3v) is 6.57. The Labute approximate surface area is 154 Å². The maximum absolute atomic E-state index is 12.4. The predicted octanol–water partition coefficient (Wildman–Crippen LogP) is 3.14. The molecule has 1 saturated carbocycles. The molecule has 1 aliphatic carbocycles. The molecular formula is C20H29N3O3. The Morgan fingerprint density at radius 3 is 2.69 bits per heavy atom. The van der Waals surface area contributed by atoms with Gasteiger partial charge in [0.05, 0.1) is 12.8 Å². The lowest BCUT2D eigenvalue weighted by Gasteiger charge is -2.49. The van der Waals surface area contributed by atoms with Crippen LogP contribution in [0.4, 0.5) is 4.79 Å². The van der Waals surface area contributed by atoms with E-state index in [2.05, 4.69) is 10.2 Å². The van der Waals surface area contributed by atoms with Crippen molar-refractivity contribution in [1.82, 2.24) is 15.1 Å². The predicted molar refractivity (Wildman–Crippen MR) is 97.4 cm³/mol. The van der Waals surface area contributed by atoms with Gasteiger partial charge in [-0.15, -0.1) is 0 Å². The van der Waals surface area contributed by atoms with Crippen molar-refractivity contribution in [2.24, 2.45) is 5.41 Å². The lowest BCUT2D eigenvalue weighted by atomic mass is 9.72. The number of amides is 3. The number of likely N-dealkylation sites (tertiary alicyclic amines) is 2. The van der Waals surface area contributed by atoms with Crippen molar-refractivity contribution in [2.45, 2.75) is 64.0 Å². The largest absolute Gasteiger partial charge is 0.467 e. The highest BCUT2D eigenvalue weighted by atomic mass is 16.3. The molecule has 3 fully saturated rings. The van der Waals surface area contributed by atoms with E-state index in [1.54, 1.807) is 6.26 Å². The number of furan rings is 1. The van der Waals surface area contributed by atoms with E-state index in [1.165, 1.54) is 25.7 Å². The second-order valence-corrected chi connectivity index (χ2v) is 8.19. The molecule has 0 atom stereocenters. The summed E-state index contributed by atoms with van der Waals surface area (Å²) in [4.78, 5) is 28.9. The minimum Gasteiger partial charge on any atom is -0.467 e. The van der Waals surface area contributed by atoms with Crippen LogP contribution in [0.2, 0.25) is 0 Å². The summed E-state index contributed by atoms with van der Waals surface area (Å²) < 4.78 is 5.26. The van der Waals surface area contributed by atoms with E-state index in [9.17, 15) is 9.59 Å². The number of nitrogens with zero attached hydrogens (tertiary/aromatic N) is 2. The number of piperidine rings is 2. The molecule has 142 valence electrons. The minimum atomic E-state index is -0.0178. The van der Waals surface area contributed by atoms with E-state index in [0.29, 0.717) is 24.9 Å². The Kier molecular flexibility index (Phi) is 4.92. The van der Waals surface area contributed by atoms with Crippen LogP contribution in [0.5, 0.6) is 0 Å². The van der Waals surface area contributed by atoms with Gasteiger partial charge in [0.1, 0.15) is 5.76 Å². The summed E-state index contributed by atoms with van der Waals surface area (Å²) in [5.74, 6) is 1.12. The fourth-order valence-corrected chi connectivity index (χ4v) is 4.87. The molecule has 0 bridgehead atoms. The van der Waals surface area contributed by atoms with E-state index in [1.807, 2.05) is 17.0 Å². The lowest BCUT2D eigenvalue weighted by Crippen LogP contribution is -2.55. The van der Waals surface area contributed by atoms with Crippen molar-refractivity contribution in [3.63, 3.8) is 0 Å². The van der Waals surface area contributed by atoms with E-state index in [4.69, 9.17) is 4.42 Å². The maximum atomic E-state index is 12.4. The molecule has 0 radical (unpaired) electrons. The van der Waals surface area contributed by atoms with Gasteiger partial charge in [-0.2, -0.15) is 0 Å². The molecule has 1 aromatic rings. The third-order valence-electron chi connectivity index (χ3n) is 6.57. The monoisotopic (exact) mass is 359 g/mol. The summed E-state index contributed by atoms with van der Waals surface area (Å²) in [6, 6.07) is 4.14. The summed E-state index contributed by atoms with van der Waals surface area (Å²) in [5.41, 5.74) is 0.217. The fourth-order valence-electron chi connectivity index (χ4n) is 4.87. The van der Waals surface area contributed by atoms with Crippen LogP contribution in [-0.2, 0) is 11.3 Å².